The number of pyridine rings is 1. The summed E-state index contributed by atoms with van der Waals surface area (Å²) in [5, 5.41) is 13.4. The van der Waals surface area contributed by atoms with Crippen LogP contribution in [0.2, 0.25) is 0 Å². The lowest BCUT2D eigenvalue weighted by atomic mass is 9.85. The number of piperidine rings is 1. The molecule has 3 aromatic rings. The Bertz CT molecular complexity index is 1070. The first-order valence-electron chi connectivity index (χ1n) is 11.2. The first kappa shape index (κ1) is 20.2. The van der Waals surface area contributed by atoms with Gasteiger partial charge in [0.2, 0.25) is 0 Å². The van der Waals surface area contributed by atoms with Crippen molar-refractivity contribution in [2.75, 3.05) is 19.7 Å². The molecule has 0 saturated carbocycles. The van der Waals surface area contributed by atoms with Gasteiger partial charge < -0.3 is 14.7 Å². The predicted octanol–water partition coefficient (Wildman–Crippen LogP) is 3.98. The van der Waals surface area contributed by atoms with Crippen molar-refractivity contribution in [3.63, 3.8) is 0 Å². The van der Waals surface area contributed by atoms with Crippen LogP contribution in [-0.2, 0) is 16.0 Å². The standard InChI is InChI=1S/C26H28N2O3/c29-25(24-6-3-15-31-24)28-13-11-26(30,12-14-28)17-19-7-9-20(10-8-19)23-16-21-4-1-2-5-22(21)18-27-23/h1-2,4-5,7-10,16,18,24,30H,3,6,11-15,17H2/t24-/m1/s1. The molecule has 1 aromatic heterocycles. The number of ether oxygens (including phenoxy) is 1. The van der Waals surface area contributed by atoms with Gasteiger partial charge in [-0.2, -0.15) is 0 Å². The second-order valence-electron chi connectivity index (χ2n) is 8.84. The molecule has 31 heavy (non-hydrogen) atoms. The van der Waals surface area contributed by atoms with E-state index < -0.39 is 5.60 Å². The highest BCUT2D eigenvalue weighted by atomic mass is 16.5. The van der Waals surface area contributed by atoms with Crippen LogP contribution in [0, 0.1) is 0 Å². The normalized spacial score (nSPS) is 20.8. The Kier molecular flexibility index (Phi) is 5.47. The van der Waals surface area contributed by atoms with E-state index >= 15 is 0 Å². The summed E-state index contributed by atoms with van der Waals surface area (Å²) in [7, 11) is 0. The molecule has 0 spiro atoms. The van der Waals surface area contributed by atoms with Crippen molar-refractivity contribution in [1.29, 1.82) is 0 Å². The molecule has 1 atom stereocenters. The van der Waals surface area contributed by atoms with Gasteiger partial charge in [-0.15, -0.1) is 0 Å². The fraction of sp³-hybridized carbons (Fsp3) is 0.385. The molecule has 5 heteroatoms. The Balaban J connectivity index is 1.22. The Morgan fingerprint density at radius 3 is 2.55 bits per heavy atom. The van der Waals surface area contributed by atoms with Crippen molar-refractivity contribution in [2.45, 2.75) is 43.8 Å². The van der Waals surface area contributed by atoms with Crippen LogP contribution in [0.1, 0.15) is 31.2 Å². The van der Waals surface area contributed by atoms with E-state index in [2.05, 4.69) is 47.4 Å². The number of likely N-dealkylation sites (tertiary alicyclic amines) is 1. The number of aliphatic hydroxyl groups is 1. The van der Waals surface area contributed by atoms with Crippen LogP contribution in [0.25, 0.3) is 22.0 Å². The minimum Gasteiger partial charge on any atom is -0.389 e. The lowest BCUT2D eigenvalue weighted by molar-refractivity contribution is -0.145. The number of hydrogen-bond acceptors (Lipinski definition) is 4. The first-order valence-corrected chi connectivity index (χ1v) is 11.2. The van der Waals surface area contributed by atoms with Crippen LogP contribution in [0.3, 0.4) is 0 Å². The Morgan fingerprint density at radius 1 is 1.10 bits per heavy atom. The fourth-order valence-electron chi connectivity index (χ4n) is 4.71. The van der Waals surface area contributed by atoms with E-state index in [1.165, 1.54) is 5.39 Å². The highest BCUT2D eigenvalue weighted by Gasteiger charge is 2.36. The van der Waals surface area contributed by atoms with Crippen molar-refractivity contribution in [2.24, 2.45) is 0 Å². The largest absolute Gasteiger partial charge is 0.389 e. The van der Waals surface area contributed by atoms with Crippen LogP contribution in [0.5, 0.6) is 0 Å². The maximum absolute atomic E-state index is 12.5. The zero-order chi connectivity index (χ0) is 21.3. The maximum Gasteiger partial charge on any atom is 0.251 e. The van der Waals surface area contributed by atoms with Gasteiger partial charge in [0, 0.05) is 43.3 Å². The second-order valence-corrected chi connectivity index (χ2v) is 8.84. The monoisotopic (exact) mass is 416 g/mol. The number of aromatic nitrogens is 1. The molecule has 160 valence electrons. The number of carbonyl (C=O) groups excluding carboxylic acids is 1. The van der Waals surface area contributed by atoms with Crippen LogP contribution in [-0.4, -0.2) is 52.3 Å². The molecule has 0 unspecified atom stereocenters. The number of benzene rings is 2. The zero-order valence-corrected chi connectivity index (χ0v) is 17.7. The number of fused-ring (bicyclic) bond motifs is 1. The molecular formula is C26H28N2O3. The molecule has 2 fully saturated rings. The summed E-state index contributed by atoms with van der Waals surface area (Å²) in [4.78, 5) is 19.0. The summed E-state index contributed by atoms with van der Waals surface area (Å²) in [6, 6.07) is 18.6. The van der Waals surface area contributed by atoms with Gasteiger partial charge in [-0.05, 0) is 42.7 Å². The minimum absolute atomic E-state index is 0.0896. The molecule has 2 aliphatic rings. The summed E-state index contributed by atoms with van der Waals surface area (Å²) in [5.74, 6) is 0.0896. The summed E-state index contributed by atoms with van der Waals surface area (Å²) in [5.41, 5.74) is 2.35. The van der Waals surface area contributed by atoms with Crippen molar-refractivity contribution in [3.05, 3.63) is 66.4 Å². The highest BCUT2D eigenvalue weighted by molar-refractivity contribution is 5.85. The van der Waals surface area contributed by atoms with Gasteiger partial charge in [0.05, 0.1) is 11.3 Å². The van der Waals surface area contributed by atoms with Crippen LogP contribution in [0.15, 0.2) is 60.8 Å². The highest BCUT2D eigenvalue weighted by Crippen LogP contribution is 2.29. The van der Waals surface area contributed by atoms with E-state index in [0.29, 0.717) is 39.0 Å². The third-order valence-corrected chi connectivity index (χ3v) is 6.62. The Hall–Kier alpha value is -2.76. The van der Waals surface area contributed by atoms with Gasteiger partial charge in [0.15, 0.2) is 0 Å². The van der Waals surface area contributed by atoms with Crippen LogP contribution in [0.4, 0.5) is 0 Å². The molecular weight excluding hydrogens is 388 g/mol. The van der Waals surface area contributed by atoms with Gasteiger partial charge in [0.25, 0.3) is 5.91 Å². The molecule has 5 rings (SSSR count). The van der Waals surface area contributed by atoms with E-state index in [9.17, 15) is 9.90 Å². The molecule has 0 radical (unpaired) electrons. The van der Waals surface area contributed by atoms with E-state index in [1.54, 1.807) is 0 Å². The Morgan fingerprint density at radius 2 is 1.84 bits per heavy atom. The Labute approximate surface area is 182 Å². The average Bonchev–Trinajstić information content (AvgIpc) is 3.34. The van der Waals surface area contributed by atoms with Gasteiger partial charge in [0.1, 0.15) is 6.10 Å². The topological polar surface area (TPSA) is 62.7 Å². The number of nitrogens with zero attached hydrogens (tertiary/aromatic N) is 2. The molecule has 3 heterocycles. The quantitative estimate of drug-likeness (QED) is 0.699. The SMILES string of the molecule is O=C([C@H]1CCCO1)N1CCC(O)(Cc2ccc(-c3cc4ccccc4cn3)cc2)CC1. The van der Waals surface area contributed by atoms with Crippen LogP contribution < -0.4 is 0 Å². The van der Waals surface area contributed by atoms with Gasteiger partial charge in [-0.25, -0.2) is 0 Å². The summed E-state index contributed by atoms with van der Waals surface area (Å²) >= 11 is 0. The first-order chi connectivity index (χ1) is 15.1. The number of hydrogen-bond donors (Lipinski definition) is 1. The molecule has 5 nitrogen and oxygen atoms in total. The van der Waals surface area contributed by atoms with Gasteiger partial charge >= 0.3 is 0 Å². The molecule has 0 bridgehead atoms. The van der Waals surface area contributed by atoms with Gasteiger partial charge in [-0.1, -0.05) is 48.5 Å². The third kappa shape index (κ3) is 4.34. The molecule has 1 N–H and O–H groups in total. The third-order valence-electron chi connectivity index (χ3n) is 6.62. The number of rotatable bonds is 4. The van der Waals surface area contributed by atoms with Crippen molar-refractivity contribution in [3.8, 4) is 11.3 Å². The van der Waals surface area contributed by atoms with Crippen molar-refractivity contribution < 1.29 is 14.6 Å². The summed E-state index contributed by atoms with van der Waals surface area (Å²) < 4.78 is 5.53. The second kappa shape index (κ2) is 8.40. The molecule has 2 aromatic carbocycles. The molecule has 2 saturated heterocycles. The van der Waals surface area contributed by atoms with E-state index in [-0.39, 0.29) is 12.0 Å². The predicted molar refractivity (Wildman–Crippen MR) is 121 cm³/mol. The maximum atomic E-state index is 12.5. The van der Waals surface area contributed by atoms with E-state index in [1.807, 2.05) is 23.2 Å². The van der Waals surface area contributed by atoms with Gasteiger partial charge in [-0.3, -0.25) is 9.78 Å². The lowest BCUT2D eigenvalue weighted by Crippen LogP contribution is -2.50. The summed E-state index contributed by atoms with van der Waals surface area (Å²) in [6.45, 7) is 1.86. The van der Waals surface area contributed by atoms with E-state index in [0.717, 1.165) is 35.0 Å². The molecule has 1 amide bonds. The van der Waals surface area contributed by atoms with E-state index in [4.69, 9.17) is 4.74 Å². The van der Waals surface area contributed by atoms with Crippen molar-refractivity contribution in [1.82, 2.24) is 9.88 Å². The fourth-order valence-corrected chi connectivity index (χ4v) is 4.71. The zero-order valence-electron chi connectivity index (χ0n) is 17.7. The molecule has 0 aliphatic carbocycles. The summed E-state index contributed by atoms with van der Waals surface area (Å²) in [6.07, 6.45) is 5.20. The van der Waals surface area contributed by atoms with Crippen LogP contribution >= 0.6 is 0 Å². The average molecular weight is 417 g/mol. The number of amides is 1. The lowest BCUT2D eigenvalue weighted by Gasteiger charge is -2.39. The molecule has 2 aliphatic heterocycles. The minimum atomic E-state index is -0.768. The number of carbonyl (C=O) groups is 1. The smallest absolute Gasteiger partial charge is 0.251 e. The van der Waals surface area contributed by atoms with Crippen molar-refractivity contribution >= 4 is 16.7 Å².